The topological polar surface area (TPSA) is 55.1 Å². The van der Waals surface area contributed by atoms with Crippen molar-refractivity contribution >= 4 is 29.0 Å². The van der Waals surface area contributed by atoms with E-state index in [2.05, 4.69) is 12.2 Å². The molecule has 0 radical (unpaired) electrons. The number of anilines is 2. The molecule has 1 atom stereocenters. The van der Waals surface area contributed by atoms with Crippen LogP contribution in [0.5, 0.6) is 0 Å². The van der Waals surface area contributed by atoms with Crippen LogP contribution >= 0.6 is 11.8 Å². The van der Waals surface area contributed by atoms with Crippen molar-refractivity contribution in [1.82, 2.24) is 0 Å². The molecule has 0 bridgehead atoms. The summed E-state index contributed by atoms with van der Waals surface area (Å²) in [5, 5.41) is 2.87. The predicted molar refractivity (Wildman–Crippen MR) is 95.3 cm³/mol. The van der Waals surface area contributed by atoms with E-state index in [-0.39, 0.29) is 11.2 Å². The first kappa shape index (κ1) is 16.4. The zero-order valence-electron chi connectivity index (χ0n) is 13.2. The van der Waals surface area contributed by atoms with E-state index in [4.69, 9.17) is 5.73 Å². The highest BCUT2D eigenvalue weighted by Gasteiger charge is 2.18. The van der Waals surface area contributed by atoms with Gasteiger partial charge in [0.05, 0.1) is 5.25 Å². The summed E-state index contributed by atoms with van der Waals surface area (Å²) < 4.78 is 0. The minimum Gasteiger partial charge on any atom is -0.399 e. The van der Waals surface area contributed by atoms with Gasteiger partial charge >= 0.3 is 0 Å². The Hall–Kier alpha value is -1.94. The number of nitrogens with two attached hydrogens (primary N) is 1. The van der Waals surface area contributed by atoms with Crippen molar-refractivity contribution < 1.29 is 4.79 Å². The molecule has 2 aromatic rings. The van der Waals surface area contributed by atoms with Gasteiger partial charge in [-0.15, -0.1) is 11.8 Å². The lowest BCUT2D eigenvalue weighted by Crippen LogP contribution is -2.24. The Morgan fingerprint density at radius 2 is 1.95 bits per heavy atom. The highest BCUT2D eigenvalue weighted by atomic mass is 32.2. The van der Waals surface area contributed by atoms with Crippen molar-refractivity contribution in [3.05, 3.63) is 53.6 Å². The predicted octanol–water partition coefficient (Wildman–Crippen LogP) is 4.40. The molecule has 0 aliphatic carbocycles. The summed E-state index contributed by atoms with van der Waals surface area (Å²) >= 11 is 1.55. The third-order valence-corrected chi connectivity index (χ3v) is 4.93. The van der Waals surface area contributed by atoms with Crippen molar-refractivity contribution in [1.29, 1.82) is 0 Å². The summed E-state index contributed by atoms with van der Waals surface area (Å²) in [5.74, 6) is 0.0261. The molecule has 0 fully saturated rings. The number of hydrogen-bond acceptors (Lipinski definition) is 3. The molecule has 1 unspecified atom stereocenters. The zero-order valence-corrected chi connectivity index (χ0v) is 14.0. The van der Waals surface area contributed by atoms with Gasteiger partial charge in [-0.05, 0) is 61.7 Å². The third kappa shape index (κ3) is 4.28. The molecular formula is C18H22N2OS. The maximum Gasteiger partial charge on any atom is 0.237 e. The van der Waals surface area contributed by atoms with Gasteiger partial charge in [0.25, 0.3) is 0 Å². The Morgan fingerprint density at radius 3 is 2.59 bits per heavy atom. The van der Waals surface area contributed by atoms with Crippen molar-refractivity contribution in [2.75, 3.05) is 11.1 Å². The summed E-state index contributed by atoms with van der Waals surface area (Å²) in [4.78, 5) is 13.5. The van der Waals surface area contributed by atoms with Crippen LogP contribution in [-0.2, 0) is 4.79 Å². The second-order valence-electron chi connectivity index (χ2n) is 5.38. The molecule has 0 heterocycles. The van der Waals surface area contributed by atoms with Crippen molar-refractivity contribution in [3.8, 4) is 0 Å². The second-order valence-corrected chi connectivity index (χ2v) is 6.65. The van der Waals surface area contributed by atoms with E-state index in [0.717, 1.165) is 22.7 Å². The van der Waals surface area contributed by atoms with Crippen molar-refractivity contribution in [2.45, 2.75) is 37.3 Å². The first-order valence-electron chi connectivity index (χ1n) is 7.40. The number of benzene rings is 2. The first-order valence-corrected chi connectivity index (χ1v) is 8.28. The SMILES string of the molecule is CCC(Sc1cccc(N)c1)C(=O)Nc1ccc(C)c(C)c1. The molecule has 4 heteroatoms. The highest BCUT2D eigenvalue weighted by molar-refractivity contribution is 8.00. The molecule has 0 aliphatic rings. The van der Waals surface area contributed by atoms with Gasteiger partial charge in [-0.2, -0.15) is 0 Å². The van der Waals surface area contributed by atoms with Crippen LogP contribution in [0.3, 0.4) is 0 Å². The van der Waals surface area contributed by atoms with E-state index in [1.807, 2.05) is 56.3 Å². The fourth-order valence-corrected chi connectivity index (χ4v) is 3.14. The van der Waals surface area contributed by atoms with Crippen molar-refractivity contribution in [2.24, 2.45) is 0 Å². The first-order chi connectivity index (χ1) is 10.5. The van der Waals surface area contributed by atoms with E-state index in [0.29, 0.717) is 0 Å². The Labute approximate surface area is 136 Å². The maximum atomic E-state index is 12.5. The second kappa shape index (κ2) is 7.36. The summed E-state index contributed by atoms with van der Waals surface area (Å²) in [6, 6.07) is 13.6. The molecule has 0 aliphatic heterocycles. The Kier molecular flexibility index (Phi) is 5.50. The lowest BCUT2D eigenvalue weighted by molar-refractivity contribution is -0.115. The number of nitrogen functional groups attached to an aromatic ring is 1. The van der Waals surface area contributed by atoms with Crippen LogP contribution in [0.4, 0.5) is 11.4 Å². The minimum atomic E-state index is -0.136. The van der Waals surface area contributed by atoms with Crippen LogP contribution < -0.4 is 11.1 Å². The Morgan fingerprint density at radius 1 is 1.18 bits per heavy atom. The molecule has 3 N–H and O–H groups in total. The lowest BCUT2D eigenvalue weighted by Gasteiger charge is -2.15. The van der Waals surface area contributed by atoms with E-state index in [1.165, 1.54) is 11.1 Å². The Balaban J connectivity index is 2.06. The summed E-state index contributed by atoms with van der Waals surface area (Å²) in [6.45, 7) is 6.12. The third-order valence-electron chi connectivity index (χ3n) is 3.57. The molecule has 1 amide bonds. The average Bonchev–Trinajstić information content (AvgIpc) is 2.48. The lowest BCUT2D eigenvalue weighted by atomic mass is 10.1. The van der Waals surface area contributed by atoms with E-state index in [1.54, 1.807) is 11.8 Å². The number of carbonyl (C=O) groups is 1. The molecule has 2 aromatic carbocycles. The number of aryl methyl sites for hydroxylation is 2. The maximum absolute atomic E-state index is 12.5. The number of hydrogen-bond donors (Lipinski definition) is 2. The van der Waals surface area contributed by atoms with Gasteiger partial charge in [0.1, 0.15) is 0 Å². The molecule has 0 saturated carbocycles. The molecule has 3 nitrogen and oxygen atoms in total. The molecule has 0 spiro atoms. The van der Waals surface area contributed by atoms with E-state index < -0.39 is 0 Å². The normalized spacial score (nSPS) is 12.0. The minimum absolute atomic E-state index is 0.0261. The quantitative estimate of drug-likeness (QED) is 0.635. The summed E-state index contributed by atoms with van der Waals surface area (Å²) in [5.41, 5.74) is 9.75. The molecule has 22 heavy (non-hydrogen) atoms. The van der Waals surface area contributed by atoms with Gasteiger partial charge in [0, 0.05) is 16.3 Å². The Bertz CT molecular complexity index is 670. The average molecular weight is 314 g/mol. The van der Waals surface area contributed by atoms with Gasteiger partial charge in [0.15, 0.2) is 0 Å². The number of thioether (sulfide) groups is 1. The number of carbonyl (C=O) groups excluding carboxylic acids is 1. The van der Waals surface area contributed by atoms with Gasteiger partial charge in [-0.3, -0.25) is 4.79 Å². The van der Waals surface area contributed by atoms with Crippen LogP contribution in [0.25, 0.3) is 0 Å². The zero-order chi connectivity index (χ0) is 16.1. The van der Waals surface area contributed by atoms with Crippen LogP contribution in [0.2, 0.25) is 0 Å². The largest absolute Gasteiger partial charge is 0.399 e. The van der Waals surface area contributed by atoms with Crippen molar-refractivity contribution in [3.63, 3.8) is 0 Å². The number of amides is 1. The van der Waals surface area contributed by atoms with E-state index in [9.17, 15) is 4.79 Å². The number of rotatable bonds is 5. The molecule has 116 valence electrons. The molecule has 0 saturated heterocycles. The standard InChI is InChI=1S/C18H22N2OS/c1-4-17(22-16-7-5-6-14(19)11-16)18(21)20-15-9-8-12(2)13(3)10-15/h5-11,17H,4,19H2,1-3H3,(H,20,21). The van der Waals surface area contributed by atoms with Crippen LogP contribution in [-0.4, -0.2) is 11.2 Å². The fraction of sp³-hybridized carbons (Fsp3) is 0.278. The smallest absolute Gasteiger partial charge is 0.237 e. The fourth-order valence-electron chi connectivity index (χ4n) is 2.12. The van der Waals surface area contributed by atoms with Crippen LogP contribution in [0.15, 0.2) is 47.4 Å². The summed E-state index contributed by atoms with van der Waals surface area (Å²) in [7, 11) is 0. The van der Waals surface area contributed by atoms with Gasteiger partial charge in [-0.1, -0.05) is 19.1 Å². The monoisotopic (exact) mass is 314 g/mol. The summed E-state index contributed by atoms with van der Waals surface area (Å²) in [6.07, 6.45) is 0.760. The molecule has 2 rings (SSSR count). The van der Waals surface area contributed by atoms with Crippen LogP contribution in [0, 0.1) is 13.8 Å². The molecule has 0 aromatic heterocycles. The highest BCUT2D eigenvalue weighted by Crippen LogP contribution is 2.28. The number of nitrogens with one attached hydrogen (secondary N) is 1. The van der Waals surface area contributed by atoms with Crippen LogP contribution in [0.1, 0.15) is 24.5 Å². The van der Waals surface area contributed by atoms with Gasteiger partial charge in [0.2, 0.25) is 5.91 Å². The van der Waals surface area contributed by atoms with E-state index >= 15 is 0 Å². The van der Waals surface area contributed by atoms with Gasteiger partial charge < -0.3 is 11.1 Å². The molecular weight excluding hydrogens is 292 g/mol. The van der Waals surface area contributed by atoms with Gasteiger partial charge in [-0.25, -0.2) is 0 Å².